The van der Waals surface area contributed by atoms with Crippen LogP contribution in [0.4, 0.5) is 9.18 Å². The third-order valence-corrected chi connectivity index (χ3v) is 6.78. The van der Waals surface area contributed by atoms with Crippen molar-refractivity contribution in [3.05, 3.63) is 94.8 Å². The molecule has 0 bridgehead atoms. The molecule has 0 saturated carbocycles. The molecular weight excluding hydrogens is 421 g/mol. The topological polar surface area (TPSA) is 66.8 Å². The van der Waals surface area contributed by atoms with E-state index in [1.54, 1.807) is 12.1 Å². The number of carboxylic acids is 1. The number of hydrogen-bond acceptors (Lipinski definition) is 3. The number of aryl methyl sites for hydroxylation is 1. The van der Waals surface area contributed by atoms with Crippen LogP contribution in [0, 0.1) is 18.7 Å². The Labute approximate surface area is 191 Å². The first-order chi connectivity index (χ1) is 15.9. The van der Waals surface area contributed by atoms with E-state index in [1.807, 2.05) is 43.3 Å². The van der Waals surface area contributed by atoms with Gasteiger partial charge in [-0.25, -0.2) is 9.18 Å². The zero-order valence-corrected chi connectivity index (χ0v) is 18.2. The lowest BCUT2D eigenvalue weighted by molar-refractivity contribution is -0.141. The summed E-state index contributed by atoms with van der Waals surface area (Å²) in [5.74, 6) is -3.09. The Hall–Kier alpha value is -3.67. The van der Waals surface area contributed by atoms with Crippen molar-refractivity contribution in [3.8, 4) is 11.1 Å². The number of carbonyl (C=O) groups excluding carboxylic acids is 1. The predicted octanol–water partition coefficient (Wildman–Crippen LogP) is 5.18. The van der Waals surface area contributed by atoms with Crippen molar-refractivity contribution in [2.24, 2.45) is 5.92 Å². The predicted molar refractivity (Wildman–Crippen MR) is 122 cm³/mol. The summed E-state index contributed by atoms with van der Waals surface area (Å²) >= 11 is 0. The Morgan fingerprint density at radius 2 is 1.61 bits per heavy atom. The molecule has 1 saturated heterocycles. The number of halogens is 1. The van der Waals surface area contributed by atoms with Gasteiger partial charge in [0.1, 0.15) is 12.4 Å². The lowest BCUT2D eigenvalue weighted by atomic mass is 9.88. The lowest BCUT2D eigenvalue weighted by Gasteiger charge is -2.19. The maximum atomic E-state index is 14.5. The highest BCUT2D eigenvalue weighted by Gasteiger charge is 2.42. The van der Waals surface area contributed by atoms with Crippen LogP contribution in [0.25, 0.3) is 11.1 Å². The summed E-state index contributed by atoms with van der Waals surface area (Å²) in [5, 5.41) is 9.72. The Morgan fingerprint density at radius 3 is 2.24 bits per heavy atom. The number of amides is 1. The summed E-state index contributed by atoms with van der Waals surface area (Å²) in [6, 6.07) is 20.8. The van der Waals surface area contributed by atoms with Crippen LogP contribution in [0.1, 0.15) is 34.1 Å². The average molecular weight is 445 g/mol. The number of benzene rings is 3. The van der Waals surface area contributed by atoms with E-state index in [4.69, 9.17) is 4.74 Å². The van der Waals surface area contributed by atoms with Gasteiger partial charge in [-0.2, -0.15) is 0 Å². The fraction of sp³-hybridized carbons (Fsp3) is 0.259. The largest absolute Gasteiger partial charge is 0.481 e. The molecule has 1 amide bonds. The molecule has 3 aromatic carbocycles. The van der Waals surface area contributed by atoms with Gasteiger partial charge in [0.15, 0.2) is 0 Å². The average Bonchev–Trinajstić information content (AvgIpc) is 3.40. The first-order valence-corrected chi connectivity index (χ1v) is 11.0. The fourth-order valence-corrected chi connectivity index (χ4v) is 5.15. The molecule has 2 aliphatic rings. The zero-order valence-electron chi connectivity index (χ0n) is 18.2. The number of fused-ring (bicyclic) bond motifs is 3. The van der Waals surface area contributed by atoms with Crippen molar-refractivity contribution in [1.29, 1.82) is 0 Å². The van der Waals surface area contributed by atoms with Crippen LogP contribution in [-0.4, -0.2) is 41.8 Å². The Bertz CT molecular complexity index is 1190. The van der Waals surface area contributed by atoms with E-state index in [0.717, 1.165) is 27.8 Å². The van der Waals surface area contributed by atoms with Crippen LogP contribution in [0.15, 0.2) is 66.7 Å². The van der Waals surface area contributed by atoms with Crippen LogP contribution in [0.3, 0.4) is 0 Å². The maximum absolute atomic E-state index is 14.5. The minimum atomic E-state index is -1.05. The molecule has 33 heavy (non-hydrogen) atoms. The van der Waals surface area contributed by atoms with Crippen molar-refractivity contribution in [1.82, 2.24) is 4.90 Å². The third kappa shape index (κ3) is 3.75. The van der Waals surface area contributed by atoms with Gasteiger partial charge in [0.05, 0.1) is 5.92 Å². The van der Waals surface area contributed by atoms with Gasteiger partial charge in [-0.05, 0) is 40.8 Å². The molecule has 0 radical (unpaired) electrons. The molecule has 1 heterocycles. The van der Waals surface area contributed by atoms with E-state index >= 15 is 0 Å². The number of aliphatic carboxylic acids is 1. The quantitative estimate of drug-likeness (QED) is 0.601. The fourth-order valence-electron chi connectivity index (χ4n) is 5.15. The normalized spacial score (nSPS) is 19.3. The summed E-state index contributed by atoms with van der Waals surface area (Å²) in [7, 11) is 0. The summed E-state index contributed by atoms with van der Waals surface area (Å²) < 4.78 is 20.2. The van der Waals surface area contributed by atoms with Crippen LogP contribution in [0.2, 0.25) is 0 Å². The molecule has 5 nitrogen and oxygen atoms in total. The van der Waals surface area contributed by atoms with Crippen LogP contribution < -0.4 is 0 Å². The summed E-state index contributed by atoms with van der Waals surface area (Å²) in [5.41, 5.74) is 5.66. The van der Waals surface area contributed by atoms with Crippen molar-refractivity contribution in [3.63, 3.8) is 0 Å². The second-order valence-corrected chi connectivity index (χ2v) is 8.79. The highest BCUT2D eigenvalue weighted by Crippen LogP contribution is 2.44. The molecule has 1 aliphatic carbocycles. The van der Waals surface area contributed by atoms with Gasteiger partial charge >= 0.3 is 12.1 Å². The number of rotatable bonds is 4. The van der Waals surface area contributed by atoms with Gasteiger partial charge in [0.2, 0.25) is 0 Å². The molecule has 1 fully saturated rings. The lowest BCUT2D eigenvalue weighted by Crippen LogP contribution is -2.31. The number of hydrogen-bond donors (Lipinski definition) is 1. The second-order valence-electron chi connectivity index (χ2n) is 8.79. The number of ether oxygens (including phenoxy) is 1. The summed E-state index contributed by atoms with van der Waals surface area (Å²) in [4.78, 5) is 26.2. The molecule has 1 aliphatic heterocycles. The molecule has 168 valence electrons. The minimum Gasteiger partial charge on any atom is -0.481 e. The molecule has 3 aromatic rings. The second kappa shape index (κ2) is 8.35. The SMILES string of the molecule is Cc1ccc(F)c([C@@H]2CN(C(=O)OCC3c4ccccc4-c4ccccc43)C[C@H]2C(=O)O)c1. The highest BCUT2D eigenvalue weighted by molar-refractivity contribution is 5.79. The molecule has 2 atom stereocenters. The van der Waals surface area contributed by atoms with E-state index in [-0.39, 0.29) is 25.6 Å². The summed E-state index contributed by atoms with van der Waals surface area (Å²) in [6.45, 7) is 2.08. The van der Waals surface area contributed by atoms with Crippen LogP contribution in [0.5, 0.6) is 0 Å². The summed E-state index contributed by atoms with van der Waals surface area (Å²) in [6.07, 6.45) is -0.571. The third-order valence-electron chi connectivity index (χ3n) is 6.78. The monoisotopic (exact) mass is 445 g/mol. The molecule has 6 heteroatoms. The standard InChI is InChI=1S/C27H24FNO4/c1-16-10-11-25(28)21(12-16)22-13-29(14-23(22)26(30)31)27(32)33-15-24-19-8-4-2-6-17(19)18-7-3-5-9-20(18)24/h2-12,22-24H,13-15H2,1H3,(H,30,31)/t22-,23+/m0/s1. The van der Waals surface area contributed by atoms with E-state index in [0.29, 0.717) is 5.56 Å². The molecular formula is C27H24FNO4. The first kappa shape index (κ1) is 21.2. The smallest absolute Gasteiger partial charge is 0.409 e. The van der Waals surface area contributed by atoms with Gasteiger partial charge < -0.3 is 14.7 Å². The van der Waals surface area contributed by atoms with Gasteiger partial charge in [-0.1, -0.05) is 66.2 Å². The van der Waals surface area contributed by atoms with Gasteiger partial charge in [-0.15, -0.1) is 0 Å². The Balaban J connectivity index is 1.34. The first-order valence-electron chi connectivity index (χ1n) is 11.0. The van der Waals surface area contributed by atoms with Crippen molar-refractivity contribution in [2.75, 3.05) is 19.7 Å². The minimum absolute atomic E-state index is 0.00987. The molecule has 1 N–H and O–H groups in total. The van der Waals surface area contributed by atoms with Gasteiger partial charge in [0.25, 0.3) is 0 Å². The van der Waals surface area contributed by atoms with Crippen molar-refractivity contribution in [2.45, 2.75) is 18.8 Å². The zero-order chi connectivity index (χ0) is 23.1. The van der Waals surface area contributed by atoms with E-state index < -0.39 is 29.7 Å². The molecule has 0 aromatic heterocycles. The van der Waals surface area contributed by atoms with Crippen molar-refractivity contribution < 1.29 is 23.8 Å². The van der Waals surface area contributed by atoms with E-state index in [9.17, 15) is 19.1 Å². The Kier molecular flexibility index (Phi) is 5.36. The van der Waals surface area contributed by atoms with Gasteiger partial charge in [-0.3, -0.25) is 4.79 Å². The number of nitrogens with zero attached hydrogens (tertiary/aromatic N) is 1. The van der Waals surface area contributed by atoms with Crippen LogP contribution >= 0.6 is 0 Å². The van der Waals surface area contributed by atoms with Crippen LogP contribution in [-0.2, 0) is 9.53 Å². The maximum Gasteiger partial charge on any atom is 0.409 e. The van der Waals surface area contributed by atoms with Crippen molar-refractivity contribution >= 4 is 12.1 Å². The van der Waals surface area contributed by atoms with Gasteiger partial charge in [0, 0.05) is 24.9 Å². The highest BCUT2D eigenvalue weighted by atomic mass is 19.1. The number of carboxylic acid groups (broad SMARTS) is 1. The molecule has 5 rings (SSSR count). The number of carbonyl (C=O) groups is 2. The van der Waals surface area contributed by atoms with E-state index in [1.165, 1.54) is 11.0 Å². The Morgan fingerprint density at radius 1 is 0.970 bits per heavy atom. The van der Waals surface area contributed by atoms with E-state index in [2.05, 4.69) is 12.1 Å². The molecule has 0 spiro atoms. The number of likely N-dealkylation sites (tertiary alicyclic amines) is 1. The molecule has 0 unspecified atom stereocenters.